The van der Waals surface area contributed by atoms with Crippen LogP contribution in [-0.4, -0.2) is 53.8 Å². The van der Waals surface area contributed by atoms with Gasteiger partial charge in [-0.3, -0.25) is 9.80 Å². The van der Waals surface area contributed by atoms with E-state index < -0.39 is 0 Å². The molecule has 142 valence electrons. The summed E-state index contributed by atoms with van der Waals surface area (Å²) in [4.78, 5) is 4.91. The molecule has 26 heavy (non-hydrogen) atoms. The van der Waals surface area contributed by atoms with Crippen molar-refractivity contribution in [3.63, 3.8) is 0 Å². The molecule has 1 fully saturated rings. The Balaban J connectivity index is 1.59. The van der Waals surface area contributed by atoms with E-state index >= 15 is 0 Å². The van der Waals surface area contributed by atoms with Crippen LogP contribution in [0.5, 0.6) is 5.75 Å². The lowest BCUT2D eigenvalue weighted by atomic mass is 10.1. The van der Waals surface area contributed by atoms with Crippen LogP contribution < -0.4 is 4.74 Å². The summed E-state index contributed by atoms with van der Waals surface area (Å²) in [6, 6.07) is 12.8. The normalized spacial score (nSPS) is 19.0. The van der Waals surface area contributed by atoms with Crippen molar-refractivity contribution in [3.8, 4) is 5.75 Å². The van der Waals surface area contributed by atoms with E-state index in [2.05, 4.69) is 28.0 Å². The summed E-state index contributed by atoms with van der Waals surface area (Å²) in [7, 11) is 0. The molecule has 2 aromatic rings. The number of rotatable bonds is 8. The van der Waals surface area contributed by atoms with Crippen LogP contribution in [0.3, 0.4) is 0 Å². The second kappa shape index (κ2) is 9.21. The van der Waals surface area contributed by atoms with E-state index in [1.165, 1.54) is 5.56 Å². The summed E-state index contributed by atoms with van der Waals surface area (Å²) in [5.41, 5.74) is 1.28. The van der Waals surface area contributed by atoms with Crippen molar-refractivity contribution in [2.24, 2.45) is 0 Å². The van der Waals surface area contributed by atoms with Gasteiger partial charge in [-0.05, 0) is 50.1 Å². The molecule has 1 saturated heterocycles. The predicted molar refractivity (Wildman–Crippen MR) is 102 cm³/mol. The van der Waals surface area contributed by atoms with Gasteiger partial charge in [-0.1, -0.05) is 12.1 Å². The van der Waals surface area contributed by atoms with Crippen molar-refractivity contribution < 1.29 is 14.3 Å². The molecule has 0 spiro atoms. The van der Waals surface area contributed by atoms with Crippen LogP contribution in [0, 0.1) is 6.92 Å². The lowest BCUT2D eigenvalue weighted by molar-refractivity contribution is 0.0467. The van der Waals surface area contributed by atoms with Crippen LogP contribution >= 0.6 is 0 Å². The average Bonchev–Trinajstić information content (AvgIpc) is 3.04. The molecule has 2 heterocycles. The lowest BCUT2D eigenvalue weighted by Crippen LogP contribution is -2.52. The van der Waals surface area contributed by atoms with Gasteiger partial charge in [-0.15, -0.1) is 0 Å². The number of aliphatic hydroxyl groups excluding tert-OH is 1. The largest absolute Gasteiger partial charge is 0.494 e. The SMILES string of the molecule is CCOc1ccc(CN2CCN(Cc3ccc(C)o3)C[C@H]2CCO)cc1. The lowest BCUT2D eigenvalue weighted by Gasteiger charge is -2.41. The Kier molecular flexibility index (Phi) is 6.72. The quantitative estimate of drug-likeness (QED) is 0.786. The van der Waals surface area contributed by atoms with Crippen molar-refractivity contribution in [2.45, 2.75) is 39.4 Å². The molecule has 1 aliphatic heterocycles. The molecule has 0 saturated carbocycles. The Morgan fingerprint density at radius 1 is 1.12 bits per heavy atom. The highest BCUT2D eigenvalue weighted by atomic mass is 16.5. The summed E-state index contributed by atoms with van der Waals surface area (Å²) in [5, 5.41) is 9.50. The molecule has 5 heteroatoms. The molecule has 1 N–H and O–H groups in total. The van der Waals surface area contributed by atoms with Gasteiger partial charge in [0.25, 0.3) is 0 Å². The molecule has 1 aliphatic rings. The minimum Gasteiger partial charge on any atom is -0.494 e. The van der Waals surface area contributed by atoms with Crippen molar-refractivity contribution >= 4 is 0 Å². The highest BCUT2D eigenvalue weighted by Gasteiger charge is 2.27. The standard InChI is InChI=1S/C21H30N2O3/c1-3-25-20-8-5-18(6-9-20)14-23-12-11-22(15-19(23)10-13-24)16-21-7-4-17(2)26-21/h4-9,19,24H,3,10-16H2,1-2H3/t19-/m1/s1. The van der Waals surface area contributed by atoms with Crippen molar-refractivity contribution in [1.82, 2.24) is 9.80 Å². The maximum absolute atomic E-state index is 9.50. The number of aryl methyl sites for hydroxylation is 1. The van der Waals surface area contributed by atoms with Crippen molar-refractivity contribution in [1.29, 1.82) is 0 Å². The first-order valence-corrected chi connectivity index (χ1v) is 9.52. The zero-order chi connectivity index (χ0) is 18.4. The van der Waals surface area contributed by atoms with E-state index in [9.17, 15) is 5.11 Å². The molecule has 0 aliphatic carbocycles. The monoisotopic (exact) mass is 358 g/mol. The van der Waals surface area contributed by atoms with Crippen LogP contribution in [0.15, 0.2) is 40.8 Å². The van der Waals surface area contributed by atoms with Gasteiger partial charge in [0.15, 0.2) is 0 Å². The second-order valence-corrected chi connectivity index (χ2v) is 6.96. The fraction of sp³-hybridized carbons (Fsp3) is 0.524. The number of hydrogen-bond acceptors (Lipinski definition) is 5. The van der Waals surface area contributed by atoms with Crippen LogP contribution in [-0.2, 0) is 13.1 Å². The maximum Gasteiger partial charge on any atom is 0.119 e. The molecule has 0 bridgehead atoms. The van der Waals surface area contributed by atoms with Crippen LogP contribution in [0.25, 0.3) is 0 Å². The highest BCUT2D eigenvalue weighted by molar-refractivity contribution is 5.27. The molecular weight excluding hydrogens is 328 g/mol. The number of furan rings is 1. The van der Waals surface area contributed by atoms with Gasteiger partial charge >= 0.3 is 0 Å². The Labute approximate surface area is 156 Å². The summed E-state index contributed by atoms with van der Waals surface area (Å²) >= 11 is 0. The number of nitrogens with zero attached hydrogens (tertiary/aromatic N) is 2. The van der Waals surface area contributed by atoms with E-state index in [0.717, 1.165) is 56.4 Å². The second-order valence-electron chi connectivity index (χ2n) is 6.96. The first-order valence-electron chi connectivity index (χ1n) is 9.52. The van der Waals surface area contributed by atoms with E-state index in [1.807, 2.05) is 32.0 Å². The molecular formula is C21H30N2O3. The molecule has 3 rings (SSSR count). The van der Waals surface area contributed by atoms with Gasteiger partial charge < -0.3 is 14.3 Å². The van der Waals surface area contributed by atoms with Gasteiger partial charge in [-0.2, -0.15) is 0 Å². The van der Waals surface area contributed by atoms with Crippen LogP contribution in [0.4, 0.5) is 0 Å². The highest BCUT2D eigenvalue weighted by Crippen LogP contribution is 2.20. The smallest absolute Gasteiger partial charge is 0.119 e. The maximum atomic E-state index is 9.50. The van der Waals surface area contributed by atoms with Gasteiger partial charge in [0.05, 0.1) is 13.2 Å². The molecule has 5 nitrogen and oxygen atoms in total. The van der Waals surface area contributed by atoms with Gasteiger partial charge in [-0.25, -0.2) is 0 Å². The zero-order valence-corrected chi connectivity index (χ0v) is 15.9. The minimum absolute atomic E-state index is 0.220. The van der Waals surface area contributed by atoms with E-state index in [-0.39, 0.29) is 6.61 Å². The summed E-state index contributed by atoms with van der Waals surface area (Å²) in [6.45, 7) is 9.60. The van der Waals surface area contributed by atoms with E-state index in [4.69, 9.17) is 9.15 Å². The topological polar surface area (TPSA) is 49.1 Å². The molecule has 0 radical (unpaired) electrons. The number of benzene rings is 1. The Hall–Kier alpha value is -1.82. The number of aliphatic hydroxyl groups is 1. The molecule has 1 atom stereocenters. The molecule has 1 aromatic heterocycles. The van der Waals surface area contributed by atoms with Gasteiger partial charge in [0, 0.05) is 38.8 Å². The Morgan fingerprint density at radius 3 is 2.58 bits per heavy atom. The average molecular weight is 358 g/mol. The first-order chi connectivity index (χ1) is 12.7. The predicted octanol–water partition coefficient (Wildman–Crippen LogP) is 3.06. The molecule has 1 aromatic carbocycles. The fourth-order valence-electron chi connectivity index (χ4n) is 3.61. The fourth-order valence-corrected chi connectivity index (χ4v) is 3.61. The van der Waals surface area contributed by atoms with Crippen LogP contribution in [0.1, 0.15) is 30.4 Å². The Bertz CT molecular complexity index is 668. The summed E-state index contributed by atoms with van der Waals surface area (Å²) < 4.78 is 11.2. The van der Waals surface area contributed by atoms with E-state index in [0.29, 0.717) is 12.6 Å². The van der Waals surface area contributed by atoms with Crippen molar-refractivity contribution in [2.75, 3.05) is 32.8 Å². The van der Waals surface area contributed by atoms with Gasteiger partial charge in [0.2, 0.25) is 0 Å². The first kappa shape index (κ1) is 19.0. The summed E-state index contributed by atoms with van der Waals surface area (Å²) in [6.07, 6.45) is 0.796. The third-order valence-corrected chi connectivity index (χ3v) is 4.95. The summed E-state index contributed by atoms with van der Waals surface area (Å²) in [5.74, 6) is 2.90. The third kappa shape index (κ3) is 5.10. The van der Waals surface area contributed by atoms with Crippen molar-refractivity contribution in [3.05, 3.63) is 53.5 Å². The molecule has 0 unspecified atom stereocenters. The number of piperazine rings is 1. The minimum atomic E-state index is 0.220. The number of ether oxygens (including phenoxy) is 1. The zero-order valence-electron chi connectivity index (χ0n) is 15.9. The van der Waals surface area contributed by atoms with Gasteiger partial charge in [0.1, 0.15) is 17.3 Å². The van der Waals surface area contributed by atoms with E-state index in [1.54, 1.807) is 0 Å². The molecule has 0 amide bonds. The Morgan fingerprint density at radius 2 is 1.92 bits per heavy atom. The van der Waals surface area contributed by atoms with Crippen LogP contribution in [0.2, 0.25) is 0 Å². The number of hydrogen-bond donors (Lipinski definition) is 1. The third-order valence-electron chi connectivity index (χ3n) is 4.95.